The van der Waals surface area contributed by atoms with E-state index in [9.17, 15) is 9.90 Å². The van der Waals surface area contributed by atoms with Gasteiger partial charge >= 0.3 is 0 Å². The lowest BCUT2D eigenvalue weighted by molar-refractivity contribution is 0.0942. The lowest BCUT2D eigenvalue weighted by Crippen LogP contribution is -2.25. The van der Waals surface area contributed by atoms with E-state index in [2.05, 4.69) is 5.32 Å². The number of hydrogen-bond donors (Lipinski definition) is 2. The Balaban J connectivity index is 1.52. The first-order valence-corrected chi connectivity index (χ1v) is 7.56. The summed E-state index contributed by atoms with van der Waals surface area (Å²) < 4.78 is 10.5. The minimum Gasteiger partial charge on any atom is -0.454 e. The van der Waals surface area contributed by atoms with Gasteiger partial charge < -0.3 is 19.9 Å². The fraction of sp³-hybridized carbons (Fsp3) is 0.278. The van der Waals surface area contributed by atoms with Crippen molar-refractivity contribution in [2.24, 2.45) is 0 Å². The van der Waals surface area contributed by atoms with Crippen LogP contribution in [-0.2, 0) is 0 Å². The molecule has 120 valence electrons. The van der Waals surface area contributed by atoms with Gasteiger partial charge in [-0.3, -0.25) is 4.79 Å². The number of ether oxygens (including phenoxy) is 2. The summed E-state index contributed by atoms with van der Waals surface area (Å²) in [5.41, 5.74) is 2.48. The van der Waals surface area contributed by atoms with E-state index >= 15 is 0 Å². The zero-order valence-corrected chi connectivity index (χ0v) is 12.9. The van der Waals surface area contributed by atoms with E-state index in [0.717, 1.165) is 11.1 Å². The van der Waals surface area contributed by atoms with Gasteiger partial charge in [0.1, 0.15) is 0 Å². The van der Waals surface area contributed by atoms with Crippen molar-refractivity contribution in [3.8, 4) is 11.5 Å². The molecule has 2 aromatic rings. The number of hydrogen-bond acceptors (Lipinski definition) is 4. The molecule has 1 amide bonds. The van der Waals surface area contributed by atoms with Crippen molar-refractivity contribution in [3.63, 3.8) is 0 Å². The molecule has 5 nitrogen and oxygen atoms in total. The van der Waals surface area contributed by atoms with Crippen molar-refractivity contribution in [2.45, 2.75) is 19.4 Å². The van der Waals surface area contributed by atoms with Crippen molar-refractivity contribution in [1.29, 1.82) is 0 Å². The maximum atomic E-state index is 12.0. The number of rotatable bonds is 5. The Bertz CT molecular complexity index is 697. The van der Waals surface area contributed by atoms with Gasteiger partial charge in [-0.1, -0.05) is 23.8 Å². The molecule has 1 heterocycles. The fourth-order valence-electron chi connectivity index (χ4n) is 2.42. The maximum Gasteiger partial charge on any atom is 0.251 e. The highest BCUT2D eigenvalue weighted by atomic mass is 16.7. The van der Waals surface area contributed by atoms with E-state index in [1.165, 1.54) is 0 Å². The summed E-state index contributed by atoms with van der Waals surface area (Å²) in [4.78, 5) is 12.0. The van der Waals surface area contributed by atoms with E-state index in [-0.39, 0.29) is 12.7 Å². The molecule has 0 saturated carbocycles. The summed E-state index contributed by atoms with van der Waals surface area (Å²) >= 11 is 0. The van der Waals surface area contributed by atoms with Gasteiger partial charge in [0.25, 0.3) is 5.91 Å². The maximum absolute atomic E-state index is 12.0. The molecular weight excluding hydrogens is 294 g/mol. The quantitative estimate of drug-likeness (QED) is 0.890. The van der Waals surface area contributed by atoms with Crippen LogP contribution >= 0.6 is 0 Å². The van der Waals surface area contributed by atoms with E-state index in [1.54, 1.807) is 30.3 Å². The summed E-state index contributed by atoms with van der Waals surface area (Å²) in [6.07, 6.45) is -0.236. The molecule has 0 spiro atoms. The van der Waals surface area contributed by atoms with Crippen molar-refractivity contribution in [3.05, 3.63) is 59.2 Å². The number of aryl methyl sites for hydroxylation is 1. The average Bonchev–Trinajstić information content (AvgIpc) is 3.02. The summed E-state index contributed by atoms with van der Waals surface area (Å²) in [6.45, 7) is 2.58. The molecule has 0 fully saturated rings. The molecule has 5 heteroatoms. The summed E-state index contributed by atoms with van der Waals surface area (Å²) in [6, 6.07) is 12.7. The highest BCUT2D eigenvalue weighted by Crippen LogP contribution is 2.34. The summed E-state index contributed by atoms with van der Waals surface area (Å²) in [5.74, 6) is 1.20. The second kappa shape index (κ2) is 6.71. The van der Waals surface area contributed by atoms with Crippen LogP contribution in [0, 0.1) is 6.92 Å². The molecular formula is C18H19NO4. The van der Waals surface area contributed by atoms with Crippen LogP contribution < -0.4 is 14.8 Å². The molecule has 3 rings (SSSR count). The molecule has 0 aliphatic carbocycles. The van der Waals surface area contributed by atoms with Crippen molar-refractivity contribution in [1.82, 2.24) is 5.32 Å². The molecule has 0 aromatic heterocycles. The first-order chi connectivity index (χ1) is 11.1. The number of carbonyl (C=O) groups is 1. The van der Waals surface area contributed by atoms with Crippen LogP contribution in [0.15, 0.2) is 42.5 Å². The number of aliphatic hydroxyl groups is 1. The van der Waals surface area contributed by atoms with Crippen LogP contribution in [0.3, 0.4) is 0 Å². The van der Waals surface area contributed by atoms with Crippen LogP contribution in [0.25, 0.3) is 0 Å². The Morgan fingerprint density at radius 2 is 1.91 bits per heavy atom. The van der Waals surface area contributed by atoms with E-state index in [4.69, 9.17) is 9.47 Å². The third kappa shape index (κ3) is 3.63. The molecule has 2 aromatic carbocycles. The average molecular weight is 313 g/mol. The van der Waals surface area contributed by atoms with Crippen molar-refractivity contribution < 1.29 is 19.4 Å². The molecule has 1 unspecified atom stereocenters. The molecule has 1 aliphatic rings. The second-order valence-electron chi connectivity index (χ2n) is 5.54. The Labute approximate surface area is 134 Å². The number of fused-ring (bicyclic) bond motifs is 1. The van der Waals surface area contributed by atoms with Crippen molar-refractivity contribution in [2.75, 3.05) is 13.3 Å². The highest BCUT2D eigenvalue weighted by molar-refractivity contribution is 5.94. The largest absolute Gasteiger partial charge is 0.454 e. The first kappa shape index (κ1) is 15.4. The Morgan fingerprint density at radius 3 is 2.70 bits per heavy atom. The number of aliphatic hydroxyl groups excluding tert-OH is 1. The normalized spacial score (nSPS) is 13.7. The monoisotopic (exact) mass is 313 g/mol. The van der Waals surface area contributed by atoms with Gasteiger partial charge in [-0.05, 0) is 43.2 Å². The smallest absolute Gasteiger partial charge is 0.251 e. The summed E-state index contributed by atoms with van der Waals surface area (Å²) in [5, 5.41) is 13.0. The molecule has 0 bridgehead atoms. The fourth-order valence-corrected chi connectivity index (χ4v) is 2.42. The Hall–Kier alpha value is -2.53. The molecule has 0 saturated heterocycles. The zero-order chi connectivity index (χ0) is 16.2. The van der Waals surface area contributed by atoms with Gasteiger partial charge in [-0.2, -0.15) is 0 Å². The first-order valence-electron chi connectivity index (χ1n) is 7.56. The topological polar surface area (TPSA) is 67.8 Å². The lowest BCUT2D eigenvalue weighted by Gasteiger charge is -2.12. The Morgan fingerprint density at radius 1 is 1.17 bits per heavy atom. The Kier molecular flexibility index (Phi) is 4.48. The van der Waals surface area contributed by atoms with Crippen molar-refractivity contribution >= 4 is 5.91 Å². The number of amides is 1. The number of benzene rings is 2. The summed E-state index contributed by atoms with van der Waals surface area (Å²) in [7, 11) is 0. The molecule has 1 aliphatic heterocycles. The number of carbonyl (C=O) groups excluding carboxylic acids is 1. The van der Waals surface area contributed by atoms with Gasteiger partial charge in [0.2, 0.25) is 6.79 Å². The number of nitrogens with one attached hydrogen (secondary N) is 1. The minimum atomic E-state index is -0.664. The van der Waals surface area contributed by atoms with Crippen LogP contribution in [0.1, 0.15) is 34.0 Å². The molecule has 1 atom stereocenters. The van der Waals surface area contributed by atoms with Crippen LogP contribution in [0.2, 0.25) is 0 Å². The third-order valence-corrected chi connectivity index (χ3v) is 3.80. The van der Waals surface area contributed by atoms with E-state index in [1.807, 2.05) is 19.1 Å². The predicted molar refractivity (Wildman–Crippen MR) is 85.7 cm³/mol. The SMILES string of the molecule is Cc1ccc(C(=O)NCCC(O)c2ccc3c(c2)OCO3)cc1. The molecule has 0 radical (unpaired) electrons. The van der Waals surface area contributed by atoms with Gasteiger partial charge in [0, 0.05) is 12.1 Å². The molecule has 2 N–H and O–H groups in total. The minimum absolute atomic E-state index is 0.136. The lowest BCUT2D eigenvalue weighted by atomic mass is 10.1. The van der Waals surface area contributed by atoms with E-state index < -0.39 is 6.10 Å². The zero-order valence-electron chi connectivity index (χ0n) is 12.9. The van der Waals surface area contributed by atoms with Gasteiger partial charge in [-0.25, -0.2) is 0 Å². The van der Waals surface area contributed by atoms with E-state index in [0.29, 0.717) is 30.0 Å². The van der Waals surface area contributed by atoms with Gasteiger partial charge in [0.15, 0.2) is 11.5 Å². The van der Waals surface area contributed by atoms with Gasteiger partial charge in [0.05, 0.1) is 6.10 Å². The predicted octanol–water partition coefficient (Wildman–Crippen LogP) is 2.58. The second-order valence-corrected chi connectivity index (χ2v) is 5.54. The highest BCUT2D eigenvalue weighted by Gasteiger charge is 2.16. The van der Waals surface area contributed by atoms with Gasteiger partial charge in [-0.15, -0.1) is 0 Å². The third-order valence-electron chi connectivity index (χ3n) is 3.80. The van der Waals surface area contributed by atoms with Crippen LogP contribution in [0.4, 0.5) is 0 Å². The molecule has 23 heavy (non-hydrogen) atoms. The standard InChI is InChI=1S/C18H19NO4/c1-12-2-4-13(5-3-12)18(21)19-9-8-15(20)14-6-7-16-17(10-14)23-11-22-16/h2-7,10,15,20H,8-9,11H2,1H3,(H,19,21). The van der Waals surface area contributed by atoms with Crippen LogP contribution in [-0.4, -0.2) is 24.4 Å². The van der Waals surface area contributed by atoms with Crippen LogP contribution in [0.5, 0.6) is 11.5 Å².